The van der Waals surface area contributed by atoms with E-state index in [4.69, 9.17) is 14.5 Å². The SMILES string of the molecule is CCc1ccc2c(c1)[C@@H](c1cccc(OC)c1OC)SCC(NNC)=N2. The van der Waals surface area contributed by atoms with Crippen LogP contribution in [-0.2, 0) is 6.42 Å². The number of nitrogens with zero attached hydrogens (tertiary/aromatic N) is 1. The number of aryl methyl sites for hydroxylation is 1. The van der Waals surface area contributed by atoms with E-state index in [9.17, 15) is 0 Å². The van der Waals surface area contributed by atoms with Crippen molar-refractivity contribution in [3.63, 3.8) is 0 Å². The molecule has 2 aromatic carbocycles. The highest BCUT2D eigenvalue weighted by molar-refractivity contribution is 8.00. The van der Waals surface area contributed by atoms with Crippen molar-refractivity contribution in [1.82, 2.24) is 10.9 Å². The Kier molecular flexibility index (Phi) is 6.06. The molecule has 0 saturated heterocycles. The van der Waals surface area contributed by atoms with Gasteiger partial charge in [-0.3, -0.25) is 0 Å². The van der Waals surface area contributed by atoms with Gasteiger partial charge in [0.15, 0.2) is 11.5 Å². The number of fused-ring (bicyclic) bond motifs is 1. The van der Waals surface area contributed by atoms with Gasteiger partial charge in [0.1, 0.15) is 5.84 Å². The van der Waals surface area contributed by atoms with Crippen molar-refractivity contribution >= 4 is 23.3 Å². The molecule has 0 aromatic heterocycles. The minimum Gasteiger partial charge on any atom is -0.493 e. The lowest BCUT2D eigenvalue weighted by molar-refractivity contribution is 0.352. The lowest BCUT2D eigenvalue weighted by atomic mass is 9.98. The van der Waals surface area contributed by atoms with Gasteiger partial charge in [0.05, 0.1) is 30.9 Å². The molecule has 0 spiro atoms. The Balaban J connectivity index is 2.14. The molecule has 0 amide bonds. The summed E-state index contributed by atoms with van der Waals surface area (Å²) in [5, 5.41) is 0.112. The van der Waals surface area contributed by atoms with Crippen LogP contribution in [0.25, 0.3) is 0 Å². The van der Waals surface area contributed by atoms with Crippen LogP contribution in [0.3, 0.4) is 0 Å². The minimum absolute atomic E-state index is 0.112. The monoisotopic (exact) mass is 371 g/mol. The highest BCUT2D eigenvalue weighted by Crippen LogP contribution is 2.47. The molecular formula is C20H25N3O2S. The van der Waals surface area contributed by atoms with E-state index in [1.807, 2.05) is 30.9 Å². The van der Waals surface area contributed by atoms with Crippen molar-refractivity contribution in [3.05, 3.63) is 53.1 Å². The second kappa shape index (κ2) is 8.47. The molecule has 1 atom stereocenters. The van der Waals surface area contributed by atoms with E-state index >= 15 is 0 Å². The van der Waals surface area contributed by atoms with E-state index < -0.39 is 0 Å². The average molecular weight is 372 g/mol. The van der Waals surface area contributed by atoms with Crippen molar-refractivity contribution in [2.75, 3.05) is 27.0 Å². The fraction of sp³-hybridized carbons (Fsp3) is 0.350. The summed E-state index contributed by atoms with van der Waals surface area (Å²) in [5.41, 5.74) is 10.7. The summed E-state index contributed by atoms with van der Waals surface area (Å²) >= 11 is 1.83. The molecule has 5 nitrogen and oxygen atoms in total. The Morgan fingerprint density at radius 3 is 2.69 bits per heavy atom. The fourth-order valence-corrected chi connectivity index (χ4v) is 4.34. The maximum Gasteiger partial charge on any atom is 0.165 e. The summed E-state index contributed by atoms with van der Waals surface area (Å²) in [5.74, 6) is 3.21. The molecule has 1 aliphatic rings. The van der Waals surface area contributed by atoms with Gasteiger partial charge in [-0.15, -0.1) is 11.8 Å². The summed E-state index contributed by atoms with van der Waals surface area (Å²) in [6, 6.07) is 12.6. The quantitative estimate of drug-likeness (QED) is 0.782. The minimum atomic E-state index is 0.112. The van der Waals surface area contributed by atoms with Crippen LogP contribution in [0.15, 0.2) is 41.4 Å². The number of ether oxygens (including phenoxy) is 2. The van der Waals surface area contributed by atoms with Crippen LogP contribution in [0.1, 0.15) is 28.9 Å². The Hall–Kier alpha value is -2.18. The maximum atomic E-state index is 5.70. The van der Waals surface area contributed by atoms with Crippen molar-refractivity contribution in [3.8, 4) is 11.5 Å². The number of thioether (sulfide) groups is 1. The molecule has 138 valence electrons. The van der Waals surface area contributed by atoms with Crippen LogP contribution in [0.2, 0.25) is 0 Å². The average Bonchev–Trinajstić information content (AvgIpc) is 2.86. The lowest BCUT2D eigenvalue weighted by Gasteiger charge is -2.21. The predicted octanol–water partition coefficient (Wildman–Crippen LogP) is 3.86. The largest absolute Gasteiger partial charge is 0.493 e. The zero-order chi connectivity index (χ0) is 18.5. The summed E-state index contributed by atoms with van der Waals surface area (Å²) < 4.78 is 11.2. The number of rotatable bonds is 5. The number of amidine groups is 1. The first-order chi connectivity index (χ1) is 12.7. The molecule has 2 N–H and O–H groups in total. The smallest absolute Gasteiger partial charge is 0.165 e. The van der Waals surface area contributed by atoms with E-state index in [-0.39, 0.29) is 5.25 Å². The Morgan fingerprint density at radius 2 is 2.00 bits per heavy atom. The molecular weight excluding hydrogens is 346 g/mol. The third-order valence-electron chi connectivity index (χ3n) is 4.41. The molecule has 3 rings (SSSR count). The first-order valence-electron chi connectivity index (χ1n) is 8.67. The molecule has 0 aliphatic carbocycles. The number of methoxy groups -OCH3 is 2. The molecule has 0 unspecified atom stereocenters. The number of benzene rings is 2. The Morgan fingerprint density at radius 1 is 1.15 bits per heavy atom. The van der Waals surface area contributed by atoms with Crippen LogP contribution in [-0.4, -0.2) is 32.9 Å². The van der Waals surface area contributed by atoms with Gasteiger partial charge in [0.2, 0.25) is 0 Å². The summed E-state index contributed by atoms with van der Waals surface area (Å²) in [6.07, 6.45) is 0.991. The normalized spacial score (nSPS) is 16.3. The molecule has 0 saturated carbocycles. The summed E-state index contributed by atoms with van der Waals surface area (Å²) in [7, 11) is 5.21. The van der Waals surface area contributed by atoms with Crippen molar-refractivity contribution < 1.29 is 9.47 Å². The maximum absolute atomic E-state index is 5.70. The van der Waals surface area contributed by atoms with Gasteiger partial charge in [-0.2, -0.15) is 0 Å². The lowest BCUT2D eigenvalue weighted by Crippen LogP contribution is -2.35. The van der Waals surface area contributed by atoms with Gasteiger partial charge in [-0.1, -0.05) is 31.2 Å². The second-order valence-electron chi connectivity index (χ2n) is 5.95. The van der Waals surface area contributed by atoms with Gasteiger partial charge in [-0.25, -0.2) is 10.4 Å². The molecule has 6 heteroatoms. The number of hydrogen-bond donors (Lipinski definition) is 2. The predicted molar refractivity (Wildman–Crippen MR) is 109 cm³/mol. The van der Waals surface area contributed by atoms with Crippen LogP contribution >= 0.6 is 11.8 Å². The molecule has 2 aromatic rings. The first-order valence-corrected chi connectivity index (χ1v) is 9.72. The topological polar surface area (TPSA) is 54.9 Å². The third kappa shape index (κ3) is 3.66. The zero-order valence-corrected chi connectivity index (χ0v) is 16.4. The first kappa shape index (κ1) is 18.6. The van der Waals surface area contributed by atoms with Gasteiger partial charge >= 0.3 is 0 Å². The zero-order valence-electron chi connectivity index (χ0n) is 15.6. The summed E-state index contributed by atoms with van der Waals surface area (Å²) in [6.45, 7) is 2.17. The van der Waals surface area contributed by atoms with E-state index in [1.54, 1.807) is 14.2 Å². The molecule has 1 aliphatic heterocycles. The van der Waals surface area contributed by atoms with Gasteiger partial charge in [0.25, 0.3) is 0 Å². The number of hydrogen-bond acceptors (Lipinski definition) is 6. The van der Waals surface area contributed by atoms with Crippen LogP contribution < -0.4 is 20.3 Å². The number of nitrogens with one attached hydrogen (secondary N) is 2. The number of hydrazine groups is 1. The third-order valence-corrected chi connectivity index (χ3v) is 5.69. The van der Waals surface area contributed by atoms with E-state index in [2.05, 4.69) is 42.0 Å². The molecule has 0 fully saturated rings. The molecule has 0 bridgehead atoms. The van der Waals surface area contributed by atoms with E-state index in [1.165, 1.54) is 11.1 Å². The Labute approximate surface area is 159 Å². The molecule has 0 radical (unpaired) electrons. The second-order valence-corrected chi connectivity index (χ2v) is 7.05. The van der Waals surface area contributed by atoms with E-state index in [0.29, 0.717) is 0 Å². The van der Waals surface area contributed by atoms with Crippen LogP contribution in [0, 0.1) is 0 Å². The van der Waals surface area contributed by atoms with Crippen molar-refractivity contribution in [1.29, 1.82) is 0 Å². The van der Waals surface area contributed by atoms with Crippen LogP contribution in [0.5, 0.6) is 11.5 Å². The summed E-state index contributed by atoms with van der Waals surface area (Å²) in [4.78, 5) is 4.83. The molecule has 26 heavy (non-hydrogen) atoms. The highest BCUT2D eigenvalue weighted by atomic mass is 32.2. The van der Waals surface area contributed by atoms with Crippen molar-refractivity contribution in [2.24, 2.45) is 4.99 Å². The fourth-order valence-electron chi connectivity index (χ4n) is 3.15. The van der Waals surface area contributed by atoms with Gasteiger partial charge in [-0.05, 0) is 29.7 Å². The Bertz CT molecular complexity index is 808. The standard InChI is InChI=1S/C20H25N3O2S/c1-5-13-9-10-16-15(11-13)20(26-12-18(22-16)23-21-2)14-7-6-8-17(24-3)19(14)25-4/h6-11,20-21H,5,12H2,1-4H3,(H,22,23)/t20-/m1/s1. The van der Waals surface area contributed by atoms with Gasteiger partial charge < -0.3 is 14.9 Å². The van der Waals surface area contributed by atoms with Crippen LogP contribution in [0.4, 0.5) is 5.69 Å². The molecule has 1 heterocycles. The number of aliphatic imine (C=N–C) groups is 1. The van der Waals surface area contributed by atoms with E-state index in [0.717, 1.165) is 40.8 Å². The van der Waals surface area contributed by atoms with Gasteiger partial charge in [0, 0.05) is 12.6 Å². The van der Waals surface area contributed by atoms with Crippen molar-refractivity contribution in [2.45, 2.75) is 18.6 Å². The number of para-hydroxylation sites is 1. The highest BCUT2D eigenvalue weighted by Gasteiger charge is 2.26.